The molecule has 150 valence electrons. The van der Waals surface area contributed by atoms with Gasteiger partial charge in [0.2, 0.25) is 5.95 Å². The lowest BCUT2D eigenvalue weighted by atomic mass is 10.3. The van der Waals surface area contributed by atoms with Crippen molar-refractivity contribution < 1.29 is 0 Å². The van der Waals surface area contributed by atoms with Crippen LogP contribution in [0.5, 0.6) is 0 Å². The van der Waals surface area contributed by atoms with E-state index in [0.29, 0.717) is 12.5 Å². The van der Waals surface area contributed by atoms with Gasteiger partial charge in [0.15, 0.2) is 11.8 Å². The number of aliphatic imine (C=N–C) groups is 1. The van der Waals surface area contributed by atoms with Gasteiger partial charge in [-0.25, -0.2) is 24.6 Å². The van der Waals surface area contributed by atoms with Crippen LogP contribution in [0.1, 0.15) is 17.0 Å². The first-order valence-electron chi connectivity index (χ1n) is 9.65. The molecule has 1 aliphatic heterocycles. The van der Waals surface area contributed by atoms with E-state index in [9.17, 15) is 0 Å². The summed E-state index contributed by atoms with van der Waals surface area (Å²) in [6.45, 7) is 7.72. The Hall–Kier alpha value is -3.49. The molecule has 0 aromatic carbocycles. The number of nitrogens with zero attached hydrogens (tertiary/aromatic N) is 8. The molecule has 0 amide bonds. The maximum Gasteiger partial charge on any atom is 0.225 e. The van der Waals surface area contributed by atoms with Crippen LogP contribution in [0.3, 0.4) is 0 Å². The van der Waals surface area contributed by atoms with Crippen LogP contribution in [0.25, 0.3) is 5.82 Å². The van der Waals surface area contributed by atoms with Gasteiger partial charge in [-0.05, 0) is 37.6 Å². The minimum Gasteiger partial charge on any atom is -0.370 e. The smallest absolute Gasteiger partial charge is 0.225 e. The van der Waals surface area contributed by atoms with Gasteiger partial charge in [0.1, 0.15) is 0 Å². The first-order valence-corrected chi connectivity index (χ1v) is 9.65. The summed E-state index contributed by atoms with van der Waals surface area (Å²) in [5.41, 5.74) is 9.26. The molecule has 0 atom stereocenters. The first-order chi connectivity index (χ1) is 14.1. The van der Waals surface area contributed by atoms with E-state index in [4.69, 9.17) is 5.73 Å². The molecule has 0 aliphatic carbocycles. The summed E-state index contributed by atoms with van der Waals surface area (Å²) < 4.78 is 1.84. The van der Waals surface area contributed by atoms with Gasteiger partial charge in [-0.15, -0.1) is 0 Å². The average Bonchev–Trinajstić information content (AvgIpc) is 3.11. The van der Waals surface area contributed by atoms with Gasteiger partial charge in [0.05, 0.1) is 12.2 Å². The van der Waals surface area contributed by atoms with Crippen LogP contribution in [-0.4, -0.2) is 61.8 Å². The molecule has 1 fully saturated rings. The van der Waals surface area contributed by atoms with Crippen LogP contribution >= 0.6 is 0 Å². The zero-order chi connectivity index (χ0) is 20.2. The van der Waals surface area contributed by atoms with E-state index >= 15 is 0 Å². The van der Waals surface area contributed by atoms with Gasteiger partial charge in [-0.1, -0.05) is 6.07 Å². The van der Waals surface area contributed by atoms with Gasteiger partial charge < -0.3 is 15.5 Å². The fourth-order valence-electron chi connectivity index (χ4n) is 3.36. The lowest BCUT2D eigenvalue weighted by Gasteiger charge is -2.35. The van der Waals surface area contributed by atoms with Crippen molar-refractivity contribution in [2.75, 3.05) is 31.1 Å². The van der Waals surface area contributed by atoms with Crippen molar-refractivity contribution in [2.45, 2.75) is 20.4 Å². The van der Waals surface area contributed by atoms with Gasteiger partial charge in [0, 0.05) is 50.5 Å². The van der Waals surface area contributed by atoms with Gasteiger partial charge in [-0.3, -0.25) is 0 Å². The SMILES string of the molecule is Cc1cc(C)n(-c2ccc(CN=C(N)N3CCN(c4ncccn4)CC3)cn2)n1. The summed E-state index contributed by atoms with van der Waals surface area (Å²) in [5, 5.41) is 4.46. The maximum atomic E-state index is 6.22. The lowest BCUT2D eigenvalue weighted by Crippen LogP contribution is -2.51. The highest BCUT2D eigenvalue weighted by molar-refractivity contribution is 5.78. The molecule has 9 heteroatoms. The Kier molecular flexibility index (Phi) is 5.37. The normalized spacial score (nSPS) is 15.0. The Labute approximate surface area is 169 Å². The number of pyridine rings is 1. The Morgan fingerprint density at radius 3 is 2.45 bits per heavy atom. The van der Waals surface area contributed by atoms with Crippen LogP contribution in [-0.2, 0) is 6.54 Å². The molecule has 1 saturated heterocycles. The van der Waals surface area contributed by atoms with Crippen LogP contribution in [0.15, 0.2) is 47.8 Å². The number of hydrogen-bond acceptors (Lipinski definition) is 6. The van der Waals surface area contributed by atoms with Crippen molar-refractivity contribution in [1.29, 1.82) is 0 Å². The maximum absolute atomic E-state index is 6.22. The van der Waals surface area contributed by atoms with Crippen molar-refractivity contribution in [3.8, 4) is 5.82 Å². The number of aryl methyl sites for hydroxylation is 2. The topological polar surface area (TPSA) is 101 Å². The summed E-state index contributed by atoms with van der Waals surface area (Å²) in [5.74, 6) is 2.12. The molecule has 0 saturated carbocycles. The summed E-state index contributed by atoms with van der Waals surface area (Å²) in [6.07, 6.45) is 5.35. The molecule has 3 aromatic heterocycles. The van der Waals surface area contributed by atoms with Gasteiger partial charge in [-0.2, -0.15) is 5.10 Å². The third-order valence-corrected chi connectivity index (χ3v) is 4.90. The Morgan fingerprint density at radius 1 is 1.07 bits per heavy atom. The largest absolute Gasteiger partial charge is 0.370 e. The number of guanidine groups is 1. The lowest BCUT2D eigenvalue weighted by molar-refractivity contribution is 0.378. The van der Waals surface area contributed by atoms with Crippen molar-refractivity contribution in [2.24, 2.45) is 10.7 Å². The van der Waals surface area contributed by atoms with E-state index in [1.165, 1.54) is 0 Å². The molecule has 0 spiro atoms. The molecule has 1 aliphatic rings. The fraction of sp³-hybridized carbons (Fsp3) is 0.350. The highest BCUT2D eigenvalue weighted by Gasteiger charge is 2.19. The molecule has 3 aromatic rings. The second kappa shape index (κ2) is 8.26. The predicted molar refractivity (Wildman–Crippen MR) is 112 cm³/mol. The number of piperazine rings is 1. The molecule has 2 N–H and O–H groups in total. The van der Waals surface area contributed by atoms with Crippen LogP contribution in [0.2, 0.25) is 0 Å². The quantitative estimate of drug-likeness (QED) is 0.528. The monoisotopic (exact) mass is 391 g/mol. The molecule has 0 unspecified atom stereocenters. The number of hydrogen-bond donors (Lipinski definition) is 1. The third-order valence-electron chi connectivity index (χ3n) is 4.90. The van der Waals surface area contributed by atoms with E-state index in [1.54, 1.807) is 12.4 Å². The van der Waals surface area contributed by atoms with Crippen molar-refractivity contribution >= 4 is 11.9 Å². The minimum atomic E-state index is 0.498. The summed E-state index contributed by atoms with van der Waals surface area (Å²) in [4.78, 5) is 21.9. The predicted octanol–water partition coefficient (Wildman–Crippen LogP) is 1.31. The number of anilines is 1. The molecule has 29 heavy (non-hydrogen) atoms. The first kappa shape index (κ1) is 18.9. The number of nitrogens with two attached hydrogens (primary N) is 1. The van der Waals surface area contributed by atoms with Crippen LogP contribution in [0.4, 0.5) is 5.95 Å². The fourth-order valence-corrected chi connectivity index (χ4v) is 3.36. The summed E-state index contributed by atoms with van der Waals surface area (Å²) >= 11 is 0. The van der Waals surface area contributed by atoms with E-state index in [-0.39, 0.29) is 0 Å². The highest BCUT2D eigenvalue weighted by atomic mass is 15.4. The van der Waals surface area contributed by atoms with Crippen LogP contribution in [0, 0.1) is 13.8 Å². The molecular formula is C20H25N9. The van der Waals surface area contributed by atoms with Crippen molar-refractivity contribution in [3.05, 3.63) is 59.8 Å². The Balaban J connectivity index is 1.34. The van der Waals surface area contributed by atoms with Crippen molar-refractivity contribution in [1.82, 2.24) is 29.6 Å². The summed E-state index contributed by atoms with van der Waals surface area (Å²) in [7, 11) is 0. The Bertz CT molecular complexity index is 971. The highest BCUT2D eigenvalue weighted by Crippen LogP contribution is 2.12. The molecule has 9 nitrogen and oxygen atoms in total. The molecular weight excluding hydrogens is 366 g/mol. The molecule has 4 heterocycles. The van der Waals surface area contributed by atoms with E-state index in [0.717, 1.165) is 54.9 Å². The molecule has 0 radical (unpaired) electrons. The van der Waals surface area contributed by atoms with E-state index < -0.39 is 0 Å². The van der Waals surface area contributed by atoms with E-state index in [1.807, 2.05) is 49.0 Å². The minimum absolute atomic E-state index is 0.498. The molecule has 0 bridgehead atoms. The standard InChI is InChI=1S/C20H25N9/c1-15-12-16(2)29(26-15)18-5-4-17(13-24-18)14-25-19(21)27-8-10-28(11-9-27)20-22-6-3-7-23-20/h3-7,12-13H,8-11,14H2,1-2H3,(H2,21,25). The van der Waals surface area contributed by atoms with Crippen molar-refractivity contribution in [3.63, 3.8) is 0 Å². The van der Waals surface area contributed by atoms with Gasteiger partial charge >= 0.3 is 0 Å². The number of aromatic nitrogens is 5. The zero-order valence-corrected chi connectivity index (χ0v) is 16.7. The number of rotatable bonds is 4. The van der Waals surface area contributed by atoms with Gasteiger partial charge in [0.25, 0.3) is 0 Å². The van der Waals surface area contributed by atoms with Crippen LogP contribution < -0.4 is 10.6 Å². The summed E-state index contributed by atoms with van der Waals surface area (Å²) in [6, 6.07) is 7.83. The second-order valence-electron chi connectivity index (χ2n) is 7.06. The second-order valence-corrected chi connectivity index (χ2v) is 7.06. The Morgan fingerprint density at radius 2 is 1.83 bits per heavy atom. The molecule has 4 rings (SSSR count). The third kappa shape index (κ3) is 4.34. The van der Waals surface area contributed by atoms with E-state index in [2.05, 4.69) is 34.8 Å². The zero-order valence-electron chi connectivity index (χ0n) is 16.7. The average molecular weight is 391 g/mol.